The topological polar surface area (TPSA) is 26.3 Å². The van der Waals surface area contributed by atoms with Gasteiger partial charge in [-0.05, 0) is 12.8 Å². The van der Waals surface area contributed by atoms with Crippen molar-refractivity contribution in [2.24, 2.45) is 5.92 Å². The first-order valence-electron chi connectivity index (χ1n) is 4.17. The van der Waals surface area contributed by atoms with Crippen molar-refractivity contribution < 1.29 is 9.53 Å². The van der Waals surface area contributed by atoms with Gasteiger partial charge in [-0.2, -0.15) is 0 Å². The highest BCUT2D eigenvalue weighted by molar-refractivity contribution is 5.57. The van der Waals surface area contributed by atoms with E-state index < -0.39 is 0 Å². The monoisotopic (exact) mass is 166 g/mol. The third-order valence-electron chi connectivity index (χ3n) is 2.24. The molecule has 0 saturated carbocycles. The van der Waals surface area contributed by atoms with Crippen molar-refractivity contribution >= 4 is 6.29 Å². The number of rotatable bonds is 3. The van der Waals surface area contributed by atoms with Crippen LogP contribution in [-0.4, -0.2) is 18.5 Å². The zero-order chi connectivity index (χ0) is 8.97. The van der Waals surface area contributed by atoms with E-state index in [2.05, 4.69) is 13.2 Å². The molecule has 0 aromatic carbocycles. The van der Waals surface area contributed by atoms with E-state index in [4.69, 9.17) is 4.74 Å². The smallest absolute Gasteiger partial charge is 0.149 e. The Morgan fingerprint density at radius 3 is 2.50 bits per heavy atom. The van der Waals surface area contributed by atoms with Crippen LogP contribution in [0.4, 0.5) is 0 Å². The maximum atomic E-state index is 10.6. The second kappa shape index (κ2) is 4.21. The number of hydrogen-bond acceptors (Lipinski definition) is 2. The summed E-state index contributed by atoms with van der Waals surface area (Å²) in [6, 6.07) is 0. The van der Waals surface area contributed by atoms with Gasteiger partial charge in [0.15, 0.2) is 0 Å². The van der Waals surface area contributed by atoms with E-state index in [-0.39, 0.29) is 18.1 Å². The Bertz CT molecular complexity index is 186. The van der Waals surface area contributed by atoms with E-state index in [1.807, 2.05) is 0 Å². The van der Waals surface area contributed by atoms with Gasteiger partial charge >= 0.3 is 0 Å². The summed E-state index contributed by atoms with van der Waals surface area (Å²) < 4.78 is 5.43. The van der Waals surface area contributed by atoms with Crippen molar-refractivity contribution in [1.82, 2.24) is 0 Å². The van der Waals surface area contributed by atoms with Crippen LogP contribution in [0.3, 0.4) is 0 Å². The summed E-state index contributed by atoms with van der Waals surface area (Å²) in [5, 5.41) is 0. The number of aldehydes is 1. The Labute approximate surface area is 72.9 Å². The molecular formula is C10H14O2. The molecule has 0 N–H and O–H groups in total. The SMILES string of the molecule is C=CC1CCC(C=C)C(C=O)O1. The maximum absolute atomic E-state index is 10.6. The largest absolute Gasteiger partial charge is 0.363 e. The molecule has 0 spiro atoms. The van der Waals surface area contributed by atoms with Gasteiger partial charge in [-0.3, -0.25) is 0 Å². The molecule has 1 aliphatic heterocycles. The van der Waals surface area contributed by atoms with Crippen LogP contribution < -0.4 is 0 Å². The normalized spacial score (nSPS) is 35.5. The fraction of sp³-hybridized carbons (Fsp3) is 0.500. The van der Waals surface area contributed by atoms with Gasteiger partial charge in [-0.25, -0.2) is 0 Å². The Morgan fingerprint density at radius 2 is 2.00 bits per heavy atom. The summed E-state index contributed by atoms with van der Waals surface area (Å²) >= 11 is 0. The molecule has 0 aliphatic carbocycles. The molecule has 1 heterocycles. The van der Waals surface area contributed by atoms with Gasteiger partial charge in [0.25, 0.3) is 0 Å². The predicted molar refractivity (Wildman–Crippen MR) is 47.8 cm³/mol. The standard InChI is InChI=1S/C10H14O2/c1-3-8-5-6-9(4-2)12-10(8)7-11/h3-4,7-10H,1-2,5-6H2. The van der Waals surface area contributed by atoms with E-state index >= 15 is 0 Å². The van der Waals surface area contributed by atoms with E-state index in [0.717, 1.165) is 19.1 Å². The van der Waals surface area contributed by atoms with Crippen molar-refractivity contribution in [3.63, 3.8) is 0 Å². The second-order valence-electron chi connectivity index (χ2n) is 2.99. The molecule has 1 fully saturated rings. The van der Waals surface area contributed by atoms with E-state index in [1.54, 1.807) is 12.2 Å². The van der Waals surface area contributed by atoms with Gasteiger partial charge in [0.1, 0.15) is 12.4 Å². The lowest BCUT2D eigenvalue weighted by Crippen LogP contribution is -2.34. The van der Waals surface area contributed by atoms with E-state index in [0.29, 0.717) is 0 Å². The molecule has 0 aromatic rings. The molecule has 66 valence electrons. The van der Waals surface area contributed by atoms with E-state index in [9.17, 15) is 4.79 Å². The fourth-order valence-corrected chi connectivity index (χ4v) is 1.45. The highest BCUT2D eigenvalue weighted by Crippen LogP contribution is 2.25. The predicted octanol–water partition coefficient (Wildman–Crippen LogP) is 1.72. The van der Waals surface area contributed by atoms with E-state index in [1.165, 1.54) is 0 Å². The van der Waals surface area contributed by atoms with Gasteiger partial charge in [-0.15, -0.1) is 13.2 Å². The van der Waals surface area contributed by atoms with Gasteiger partial charge in [0.05, 0.1) is 6.10 Å². The summed E-state index contributed by atoms with van der Waals surface area (Å²) in [5.74, 6) is 0.179. The summed E-state index contributed by atoms with van der Waals surface area (Å²) in [7, 11) is 0. The van der Waals surface area contributed by atoms with Gasteiger partial charge < -0.3 is 9.53 Å². The van der Waals surface area contributed by atoms with Crippen LogP contribution >= 0.6 is 0 Å². The number of carbonyl (C=O) groups is 1. The zero-order valence-corrected chi connectivity index (χ0v) is 7.11. The summed E-state index contributed by atoms with van der Waals surface area (Å²) in [6.07, 6.45) is 6.00. The Morgan fingerprint density at radius 1 is 1.25 bits per heavy atom. The van der Waals surface area contributed by atoms with Crippen molar-refractivity contribution in [1.29, 1.82) is 0 Å². The minimum absolute atomic E-state index is 0.0383. The third kappa shape index (κ3) is 1.83. The van der Waals surface area contributed by atoms with Crippen LogP contribution in [0.2, 0.25) is 0 Å². The lowest BCUT2D eigenvalue weighted by molar-refractivity contribution is -0.127. The molecule has 2 nitrogen and oxygen atoms in total. The first-order chi connectivity index (χ1) is 5.81. The van der Waals surface area contributed by atoms with Gasteiger partial charge in [0.2, 0.25) is 0 Å². The second-order valence-corrected chi connectivity index (χ2v) is 2.99. The molecule has 3 unspecified atom stereocenters. The van der Waals surface area contributed by atoms with Crippen LogP contribution in [0, 0.1) is 5.92 Å². The molecule has 0 bridgehead atoms. The molecule has 1 aliphatic rings. The van der Waals surface area contributed by atoms with Crippen molar-refractivity contribution in [2.75, 3.05) is 0 Å². The van der Waals surface area contributed by atoms with Crippen LogP contribution in [0.15, 0.2) is 25.3 Å². The molecule has 2 heteroatoms. The average Bonchev–Trinajstić information content (AvgIpc) is 2.16. The molecular weight excluding hydrogens is 152 g/mol. The van der Waals surface area contributed by atoms with Gasteiger partial charge in [0, 0.05) is 5.92 Å². The fourth-order valence-electron chi connectivity index (χ4n) is 1.45. The minimum atomic E-state index is -0.320. The number of carbonyl (C=O) groups excluding carboxylic acids is 1. The van der Waals surface area contributed by atoms with Crippen molar-refractivity contribution in [3.05, 3.63) is 25.3 Å². The molecule has 0 radical (unpaired) electrons. The lowest BCUT2D eigenvalue weighted by Gasteiger charge is -2.30. The molecule has 12 heavy (non-hydrogen) atoms. The lowest BCUT2D eigenvalue weighted by atomic mass is 9.92. The zero-order valence-electron chi connectivity index (χ0n) is 7.11. The Balaban J connectivity index is 2.58. The number of hydrogen-bond donors (Lipinski definition) is 0. The third-order valence-corrected chi connectivity index (χ3v) is 2.24. The first kappa shape index (κ1) is 9.20. The summed E-state index contributed by atoms with van der Waals surface area (Å²) in [4.78, 5) is 10.6. The van der Waals surface area contributed by atoms with Crippen LogP contribution in [0.5, 0.6) is 0 Å². The average molecular weight is 166 g/mol. The molecule has 3 atom stereocenters. The molecule has 0 amide bonds. The minimum Gasteiger partial charge on any atom is -0.363 e. The molecule has 1 saturated heterocycles. The van der Waals surface area contributed by atoms with Crippen LogP contribution in [0.25, 0.3) is 0 Å². The highest BCUT2D eigenvalue weighted by Gasteiger charge is 2.27. The van der Waals surface area contributed by atoms with Crippen molar-refractivity contribution in [2.45, 2.75) is 25.0 Å². The highest BCUT2D eigenvalue weighted by atomic mass is 16.5. The Kier molecular flexibility index (Phi) is 3.23. The Hall–Kier alpha value is -0.890. The maximum Gasteiger partial charge on any atom is 0.149 e. The van der Waals surface area contributed by atoms with Crippen molar-refractivity contribution in [3.8, 4) is 0 Å². The first-order valence-corrected chi connectivity index (χ1v) is 4.17. The summed E-state index contributed by atoms with van der Waals surface area (Å²) in [6.45, 7) is 7.31. The summed E-state index contributed by atoms with van der Waals surface area (Å²) in [5.41, 5.74) is 0. The van der Waals surface area contributed by atoms with Crippen LogP contribution in [-0.2, 0) is 9.53 Å². The van der Waals surface area contributed by atoms with Crippen LogP contribution in [0.1, 0.15) is 12.8 Å². The van der Waals surface area contributed by atoms with Gasteiger partial charge in [-0.1, -0.05) is 12.2 Å². The molecule has 1 rings (SSSR count). The quantitative estimate of drug-likeness (QED) is 0.471. The molecule has 0 aromatic heterocycles. The number of ether oxygens (including phenoxy) is 1.